The average molecular weight is 294 g/mol. The highest BCUT2D eigenvalue weighted by Gasteiger charge is 2.20. The minimum Gasteiger partial charge on any atom is -0.481 e. The Kier molecular flexibility index (Phi) is 4.99. The number of aromatic nitrogens is 2. The monoisotopic (exact) mass is 294 g/mol. The number of rotatable bonds is 7. The van der Waals surface area contributed by atoms with Crippen LogP contribution in [-0.4, -0.2) is 47.6 Å². The predicted octanol–water partition coefficient (Wildman–Crippen LogP) is 0.164. The first kappa shape index (κ1) is 14.8. The fourth-order valence-electron chi connectivity index (χ4n) is 0.999. The van der Waals surface area contributed by atoms with Crippen LogP contribution in [0.1, 0.15) is 18.4 Å². The first-order valence-electron chi connectivity index (χ1n) is 5.13. The first-order chi connectivity index (χ1) is 8.35. The summed E-state index contributed by atoms with van der Waals surface area (Å²) < 4.78 is 26.7. The Morgan fingerprint density at radius 1 is 1.50 bits per heavy atom. The van der Waals surface area contributed by atoms with Crippen molar-refractivity contribution in [1.82, 2.24) is 14.5 Å². The zero-order chi connectivity index (χ0) is 13.8. The Hall–Kier alpha value is -1.26. The second kappa shape index (κ2) is 6.07. The van der Waals surface area contributed by atoms with Gasteiger partial charge < -0.3 is 5.11 Å². The third-order valence-electron chi connectivity index (χ3n) is 2.04. The summed E-state index contributed by atoms with van der Waals surface area (Å²) in [5.41, 5.74) is 0. The van der Waals surface area contributed by atoms with Gasteiger partial charge in [0.2, 0.25) is 5.13 Å². The van der Waals surface area contributed by atoms with E-state index in [1.807, 2.05) is 6.92 Å². The van der Waals surface area contributed by atoms with Crippen LogP contribution in [0.2, 0.25) is 0 Å². The van der Waals surface area contributed by atoms with Crippen molar-refractivity contribution in [3.8, 4) is 0 Å². The molecule has 0 fully saturated rings. The lowest BCUT2D eigenvalue weighted by Gasteiger charge is -2.15. The van der Waals surface area contributed by atoms with Gasteiger partial charge in [0.15, 0.2) is 0 Å². The van der Waals surface area contributed by atoms with Gasteiger partial charge in [-0.25, -0.2) is 4.72 Å². The maximum Gasteiger partial charge on any atom is 0.304 e. The van der Waals surface area contributed by atoms with Gasteiger partial charge in [-0.1, -0.05) is 18.3 Å². The van der Waals surface area contributed by atoms with Crippen molar-refractivity contribution < 1.29 is 18.3 Å². The molecule has 1 heterocycles. The molecule has 8 nitrogen and oxygen atoms in total. The van der Waals surface area contributed by atoms with Crippen molar-refractivity contribution in [1.29, 1.82) is 0 Å². The van der Waals surface area contributed by atoms with E-state index in [2.05, 4.69) is 14.9 Å². The molecule has 102 valence electrons. The van der Waals surface area contributed by atoms with E-state index in [-0.39, 0.29) is 18.1 Å². The number of nitrogens with zero attached hydrogens (tertiary/aromatic N) is 3. The van der Waals surface area contributed by atoms with E-state index in [4.69, 9.17) is 5.11 Å². The second-order valence-electron chi connectivity index (χ2n) is 3.43. The highest BCUT2D eigenvalue weighted by molar-refractivity contribution is 7.90. The van der Waals surface area contributed by atoms with Gasteiger partial charge in [-0.3, -0.25) is 4.79 Å². The lowest BCUT2D eigenvalue weighted by Crippen LogP contribution is -2.34. The zero-order valence-electron chi connectivity index (χ0n) is 9.95. The normalized spacial score (nSPS) is 11.7. The summed E-state index contributed by atoms with van der Waals surface area (Å²) in [5.74, 6) is -1.05. The van der Waals surface area contributed by atoms with Gasteiger partial charge in [0.25, 0.3) is 0 Å². The minimum absolute atomic E-state index is 0.107. The summed E-state index contributed by atoms with van der Waals surface area (Å²) in [6.07, 6.45) is 0.419. The van der Waals surface area contributed by atoms with Gasteiger partial charge in [0, 0.05) is 13.6 Å². The molecule has 10 heteroatoms. The Morgan fingerprint density at radius 3 is 2.67 bits per heavy atom. The molecular weight excluding hydrogens is 280 g/mol. The number of anilines is 1. The van der Waals surface area contributed by atoms with Gasteiger partial charge in [0.05, 0.1) is 6.42 Å². The van der Waals surface area contributed by atoms with E-state index in [0.717, 1.165) is 20.6 Å². The van der Waals surface area contributed by atoms with Crippen molar-refractivity contribution in [2.45, 2.75) is 19.8 Å². The smallest absolute Gasteiger partial charge is 0.304 e. The second-order valence-corrected chi connectivity index (χ2v) is 6.27. The molecule has 0 unspecified atom stereocenters. The van der Waals surface area contributed by atoms with E-state index >= 15 is 0 Å². The number of carbonyl (C=O) groups is 1. The number of carboxylic acids is 1. The van der Waals surface area contributed by atoms with Crippen LogP contribution in [0, 0.1) is 0 Å². The predicted molar refractivity (Wildman–Crippen MR) is 66.7 cm³/mol. The van der Waals surface area contributed by atoms with E-state index < -0.39 is 16.2 Å². The van der Waals surface area contributed by atoms with Gasteiger partial charge in [0.1, 0.15) is 5.01 Å². The first-order valence-corrected chi connectivity index (χ1v) is 7.39. The Labute approximate surface area is 109 Å². The number of nitrogens with one attached hydrogen (secondary N) is 1. The fraction of sp³-hybridized carbons (Fsp3) is 0.625. The fourth-order valence-corrected chi connectivity index (χ4v) is 2.76. The molecule has 18 heavy (non-hydrogen) atoms. The van der Waals surface area contributed by atoms with Crippen molar-refractivity contribution in [3.05, 3.63) is 5.01 Å². The van der Waals surface area contributed by atoms with E-state index in [1.165, 1.54) is 7.05 Å². The molecule has 0 saturated carbocycles. The third kappa shape index (κ3) is 4.20. The molecule has 2 N–H and O–H groups in total. The largest absolute Gasteiger partial charge is 0.481 e. The third-order valence-corrected chi connectivity index (χ3v) is 4.60. The number of hydrogen-bond acceptors (Lipinski definition) is 6. The maximum absolute atomic E-state index is 11.8. The Bertz CT molecular complexity index is 513. The standard InChI is InChI=1S/C8H14N4O4S2/c1-3-6-9-10-8(17-6)11-18(15,16)12(2)5-4-7(13)14/h3-5H2,1-2H3,(H,10,11)(H,13,14). The molecule has 0 amide bonds. The number of carboxylic acid groups (broad SMARTS) is 1. The molecule has 0 radical (unpaired) electrons. The molecule has 0 aliphatic carbocycles. The van der Waals surface area contributed by atoms with Crippen LogP contribution in [0.4, 0.5) is 5.13 Å². The van der Waals surface area contributed by atoms with Crippen LogP contribution < -0.4 is 4.72 Å². The lowest BCUT2D eigenvalue weighted by atomic mass is 10.4. The highest BCUT2D eigenvalue weighted by atomic mass is 32.2. The van der Waals surface area contributed by atoms with Gasteiger partial charge in [-0.05, 0) is 6.42 Å². The molecule has 0 atom stereocenters. The molecule has 0 aliphatic rings. The van der Waals surface area contributed by atoms with Crippen LogP contribution in [0.5, 0.6) is 0 Å². The summed E-state index contributed by atoms with van der Waals surface area (Å²) in [7, 11) is -2.48. The SMILES string of the molecule is CCc1nnc(NS(=O)(=O)N(C)CCC(=O)O)s1. The summed E-state index contributed by atoms with van der Waals surface area (Å²) >= 11 is 1.15. The quantitative estimate of drug-likeness (QED) is 0.741. The molecule has 0 spiro atoms. The van der Waals surface area contributed by atoms with Crippen LogP contribution in [-0.2, 0) is 21.4 Å². The van der Waals surface area contributed by atoms with E-state index in [1.54, 1.807) is 0 Å². The molecule has 0 saturated heterocycles. The van der Waals surface area contributed by atoms with Crippen LogP contribution >= 0.6 is 11.3 Å². The van der Waals surface area contributed by atoms with E-state index in [9.17, 15) is 13.2 Å². The molecule has 0 aromatic carbocycles. The van der Waals surface area contributed by atoms with Crippen molar-refractivity contribution in [2.75, 3.05) is 18.3 Å². The number of hydrogen-bond donors (Lipinski definition) is 2. The van der Waals surface area contributed by atoms with Gasteiger partial charge >= 0.3 is 16.2 Å². The number of aryl methyl sites for hydroxylation is 1. The van der Waals surface area contributed by atoms with Crippen LogP contribution in [0.3, 0.4) is 0 Å². The summed E-state index contributed by atoms with van der Waals surface area (Å²) in [4.78, 5) is 10.4. The van der Waals surface area contributed by atoms with Crippen molar-refractivity contribution in [2.24, 2.45) is 0 Å². The van der Waals surface area contributed by atoms with E-state index in [0.29, 0.717) is 6.42 Å². The summed E-state index contributed by atoms with van der Waals surface area (Å²) in [5, 5.41) is 16.9. The Morgan fingerprint density at radius 2 is 2.17 bits per heavy atom. The highest BCUT2D eigenvalue weighted by Crippen LogP contribution is 2.17. The molecular formula is C8H14N4O4S2. The average Bonchev–Trinajstić information content (AvgIpc) is 2.72. The summed E-state index contributed by atoms with van der Waals surface area (Å²) in [6.45, 7) is 1.78. The summed E-state index contributed by atoms with van der Waals surface area (Å²) in [6, 6.07) is 0. The topological polar surface area (TPSA) is 112 Å². The Balaban J connectivity index is 2.66. The van der Waals surface area contributed by atoms with Crippen molar-refractivity contribution >= 4 is 32.6 Å². The molecule has 0 bridgehead atoms. The van der Waals surface area contributed by atoms with Gasteiger partial charge in [-0.15, -0.1) is 10.2 Å². The van der Waals surface area contributed by atoms with Crippen molar-refractivity contribution in [3.63, 3.8) is 0 Å². The zero-order valence-corrected chi connectivity index (χ0v) is 11.6. The molecule has 1 rings (SSSR count). The molecule has 1 aromatic heterocycles. The van der Waals surface area contributed by atoms with Crippen LogP contribution in [0.15, 0.2) is 0 Å². The van der Waals surface area contributed by atoms with Gasteiger partial charge in [-0.2, -0.15) is 12.7 Å². The lowest BCUT2D eigenvalue weighted by molar-refractivity contribution is -0.137. The molecule has 1 aromatic rings. The van der Waals surface area contributed by atoms with Crippen LogP contribution in [0.25, 0.3) is 0 Å². The number of aliphatic carboxylic acids is 1. The minimum atomic E-state index is -3.78. The molecule has 0 aliphatic heterocycles. The maximum atomic E-state index is 11.8.